The van der Waals surface area contributed by atoms with Crippen molar-refractivity contribution in [3.63, 3.8) is 0 Å². The summed E-state index contributed by atoms with van der Waals surface area (Å²) in [7, 11) is 1.59. The molecule has 0 fully saturated rings. The van der Waals surface area contributed by atoms with Gasteiger partial charge in [-0.25, -0.2) is 4.68 Å². The van der Waals surface area contributed by atoms with E-state index in [9.17, 15) is 4.79 Å². The van der Waals surface area contributed by atoms with E-state index in [1.165, 1.54) is 5.56 Å². The van der Waals surface area contributed by atoms with E-state index in [-0.39, 0.29) is 17.9 Å². The van der Waals surface area contributed by atoms with Crippen LogP contribution in [0, 0.1) is 6.92 Å². The highest BCUT2D eigenvalue weighted by Crippen LogP contribution is 2.33. The Morgan fingerprint density at radius 3 is 2.42 bits per heavy atom. The topological polar surface area (TPSA) is 81.1 Å². The van der Waals surface area contributed by atoms with Crippen molar-refractivity contribution in [3.8, 4) is 5.75 Å². The number of nitrogens with one attached hydrogen (secondary N) is 2. The predicted octanol–water partition coefficient (Wildman–Crippen LogP) is 4.90. The molecule has 1 aromatic heterocycles. The second kappa shape index (κ2) is 8.63. The maximum atomic E-state index is 12.7. The summed E-state index contributed by atoms with van der Waals surface area (Å²) in [5, 5.41) is 10.8. The fourth-order valence-electron chi connectivity index (χ4n) is 3.75. The van der Waals surface area contributed by atoms with Crippen LogP contribution in [0.15, 0.2) is 84.9 Å². The molecule has 5 rings (SSSR count). The Hall–Kier alpha value is -4.39. The minimum Gasteiger partial charge on any atom is -0.497 e. The van der Waals surface area contributed by atoms with Crippen molar-refractivity contribution in [3.05, 3.63) is 107 Å². The maximum absolute atomic E-state index is 12.7. The van der Waals surface area contributed by atoms with Gasteiger partial charge in [0.2, 0.25) is 5.95 Å². The van der Waals surface area contributed by atoms with Gasteiger partial charge in [0, 0.05) is 11.3 Å². The standard InChI is InChI=1S/C26H23N5O2/c1-17-8-10-19(11-9-17)23-16-22(18-6-4-3-5-7-18)27-26-29-25(30-31(23)26)28-24(32)20-12-14-21(33-2)15-13-20/h3-16,23H,1-2H3,(H2,27,28,29,30,32)/t23-/m1/s1. The number of rotatable bonds is 5. The van der Waals surface area contributed by atoms with Gasteiger partial charge in [0.15, 0.2) is 0 Å². The lowest BCUT2D eigenvalue weighted by atomic mass is 10.0. The van der Waals surface area contributed by atoms with Gasteiger partial charge in [-0.2, -0.15) is 4.98 Å². The smallest absolute Gasteiger partial charge is 0.258 e. The third-order valence-electron chi connectivity index (χ3n) is 5.55. The van der Waals surface area contributed by atoms with Crippen molar-refractivity contribution >= 4 is 23.5 Å². The molecule has 0 unspecified atom stereocenters. The van der Waals surface area contributed by atoms with Gasteiger partial charge >= 0.3 is 0 Å². The van der Waals surface area contributed by atoms with Crippen LogP contribution < -0.4 is 15.4 Å². The molecule has 33 heavy (non-hydrogen) atoms. The molecule has 0 radical (unpaired) electrons. The van der Waals surface area contributed by atoms with Crippen LogP contribution in [0.25, 0.3) is 5.70 Å². The molecule has 0 spiro atoms. The summed E-state index contributed by atoms with van der Waals surface area (Å²) < 4.78 is 6.95. The lowest BCUT2D eigenvalue weighted by Gasteiger charge is -2.24. The summed E-state index contributed by atoms with van der Waals surface area (Å²) >= 11 is 0. The van der Waals surface area contributed by atoms with Crippen LogP contribution in [0.4, 0.5) is 11.9 Å². The Kier molecular flexibility index (Phi) is 5.36. The maximum Gasteiger partial charge on any atom is 0.258 e. The van der Waals surface area contributed by atoms with Gasteiger partial charge in [-0.15, -0.1) is 5.10 Å². The number of carbonyl (C=O) groups excluding carboxylic acids is 1. The van der Waals surface area contributed by atoms with Gasteiger partial charge in [-0.1, -0.05) is 60.2 Å². The molecule has 0 saturated carbocycles. The summed E-state index contributed by atoms with van der Waals surface area (Å²) in [6.45, 7) is 2.06. The molecule has 2 heterocycles. The zero-order chi connectivity index (χ0) is 22.8. The summed E-state index contributed by atoms with van der Waals surface area (Å²) in [6, 6.07) is 25.1. The van der Waals surface area contributed by atoms with Crippen molar-refractivity contribution in [1.82, 2.24) is 14.8 Å². The van der Waals surface area contributed by atoms with Crippen LogP contribution in [0.2, 0.25) is 0 Å². The van der Waals surface area contributed by atoms with Crippen LogP contribution in [-0.2, 0) is 0 Å². The first kappa shape index (κ1) is 20.5. The van der Waals surface area contributed by atoms with Crippen molar-refractivity contribution < 1.29 is 9.53 Å². The molecule has 0 saturated heterocycles. The lowest BCUT2D eigenvalue weighted by molar-refractivity contribution is 0.102. The fraction of sp³-hybridized carbons (Fsp3) is 0.115. The van der Waals surface area contributed by atoms with E-state index >= 15 is 0 Å². The number of nitrogens with zero attached hydrogens (tertiary/aromatic N) is 3. The minimum absolute atomic E-state index is 0.170. The number of aromatic nitrogens is 3. The number of amides is 1. The highest BCUT2D eigenvalue weighted by molar-refractivity contribution is 6.03. The molecule has 164 valence electrons. The molecule has 1 aliphatic heterocycles. The Bertz CT molecular complexity index is 1310. The third-order valence-corrected chi connectivity index (χ3v) is 5.55. The normalized spacial score (nSPS) is 14.6. The van der Waals surface area contributed by atoms with Gasteiger partial charge < -0.3 is 10.1 Å². The molecule has 7 nitrogen and oxygen atoms in total. The molecule has 7 heteroatoms. The molecule has 0 bridgehead atoms. The Morgan fingerprint density at radius 2 is 1.73 bits per heavy atom. The second-order valence-electron chi connectivity index (χ2n) is 7.81. The first-order chi connectivity index (χ1) is 16.1. The molecule has 3 aromatic carbocycles. The molecular formula is C26H23N5O2. The van der Waals surface area contributed by atoms with Crippen LogP contribution in [-0.4, -0.2) is 27.8 Å². The van der Waals surface area contributed by atoms with E-state index in [0.717, 1.165) is 16.8 Å². The van der Waals surface area contributed by atoms with Gasteiger partial charge in [0.05, 0.1) is 7.11 Å². The Balaban J connectivity index is 1.47. The predicted molar refractivity (Wildman–Crippen MR) is 128 cm³/mol. The summed E-state index contributed by atoms with van der Waals surface area (Å²) in [5.41, 5.74) is 4.75. The minimum atomic E-state index is -0.288. The van der Waals surface area contributed by atoms with E-state index in [1.807, 2.05) is 30.3 Å². The molecule has 1 atom stereocenters. The van der Waals surface area contributed by atoms with Crippen molar-refractivity contribution in [2.45, 2.75) is 13.0 Å². The number of benzene rings is 3. The average molecular weight is 438 g/mol. The van der Waals surface area contributed by atoms with Crippen molar-refractivity contribution in [1.29, 1.82) is 0 Å². The lowest BCUT2D eigenvalue weighted by Crippen LogP contribution is -2.20. The quantitative estimate of drug-likeness (QED) is 0.464. The molecule has 2 N–H and O–H groups in total. The zero-order valence-corrected chi connectivity index (χ0v) is 18.3. The number of hydrogen-bond donors (Lipinski definition) is 2. The summed E-state index contributed by atoms with van der Waals surface area (Å²) in [6.07, 6.45) is 2.12. The number of anilines is 2. The van der Waals surface area contributed by atoms with E-state index in [2.05, 4.69) is 58.0 Å². The number of fused-ring (bicyclic) bond motifs is 1. The first-order valence-corrected chi connectivity index (χ1v) is 10.6. The van der Waals surface area contributed by atoms with Crippen LogP contribution in [0.1, 0.15) is 33.1 Å². The molecule has 0 aliphatic carbocycles. The SMILES string of the molecule is COc1ccc(C(=O)Nc2nc3n(n2)[C@@H](c2ccc(C)cc2)C=C(c2ccccc2)N3)cc1. The number of allylic oxidation sites excluding steroid dienone is 1. The van der Waals surface area contributed by atoms with Gasteiger partial charge in [0.25, 0.3) is 11.9 Å². The zero-order valence-electron chi connectivity index (χ0n) is 18.3. The second-order valence-corrected chi connectivity index (χ2v) is 7.81. The van der Waals surface area contributed by atoms with Gasteiger partial charge in [-0.05, 0) is 48.4 Å². The largest absolute Gasteiger partial charge is 0.497 e. The van der Waals surface area contributed by atoms with Crippen molar-refractivity contribution in [2.75, 3.05) is 17.7 Å². The molecule has 1 amide bonds. The average Bonchev–Trinajstić information content (AvgIpc) is 3.27. The number of hydrogen-bond acceptors (Lipinski definition) is 5. The van der Waals surface area contributed by atoms with Crippen LogP contribution >= 0.6 is 0 Å². The molecule has 1 aliphatic rings. The van der Waals surface area contributed by atoms with Gasteiger partial charge in [0.1, 0.15) is 11.8 Å². The van der Waals surface area contributed by atoms with E-state index < -0.39 is 0 Å². The number of aryl methyl sites for hydroxylation is 1. The Labute approximate surface area is 191 Å². The highest BCUT2D eigenvalue weighted by atomic mass is 16.5. The number of ether oxygens (including phenoxy) is 1. The molecular weight excluding hydrogens is 414 g/mol. The summed E-state index contributed by atoms with van der Waals surface area (Å²) in [4.78, 5) is 17.3. The van der Waals surface area contributed by atoms with E-state index in [4.69, 9.17) is 4.74 Å². The van der Waals surface area contributed by atoms with E-state index in [1.54, 1.807) is 36.1 Å². The van der Waals surface area contributed by atoms with Crippen LogP contribution in [0.3, 0.4) is 0 Å². The van der Waals surface area contributed by atoms with Crippen LogP contribution in [0.5, 0.6) is 5.75 Å². The van der Waals surface area contributed by atoms with E-state index in [0.29, 0.717) is 17.3 Å². The third kappa shape index (κ3) is 4.21. The summed E-state index contributed by atoms with van der Waals surface area (Å²) in [5.74, 6) is 1.20. The number of carbonyl (C=O) groups is 1. The monoisotopic (exact) mass is 437 g/mol. The fourth-order valence-corrected chi connectivity index (χ4v) is 3.75. The molecule has 4 aromatic rings. The van der Waals surface area contributed by atoms with Gasteiger partial charge in [-0.3, -0.25) is 10.1 Å². The van der Waals surface area contributed by atoms with Crippen molar-refractivity contribution in [2.24, 2.45) is 0 Å². The number of methoxy groups -OCH3 is 1. The Morgan fingerprint density at radius 1 is 1.00 bits per heavy atom. The first-order valence-electron chi connectivity index (χ1n) is 10.6. The highest BCUT2D eigenvalue weighted by Gasteiger charge is 2.26.